The SMILES string of the molecule is COc1cc(OCc2ccc(OC(F)(F)F)cc2)ccc1/C=C/C(=O)NO. The zero-order valence-corrected chi connectivity index (χ0v) is 14.1. The summed E-state index contributed by atoms with van der Waals surface area (Å²) in [6.07, 6.45) is -2.15. The van der Waals surface area contributed by atoms with Crippen molar-refractivity contribution in [3.8, 4) is 17.2 Å². The van der Waals surface area contributed by atoms with Gasteiger partial charge in [-0.2, -0.15) is 0 Å². The van der Waals surface area contributed by atoms with Crippen molar-refractivity contribution < 1.29 is 37.4 Å². The quantitative estimate of drug-likeness (QED) is 0.433. The van der Waals surface area contributed by atoms with E-state index in [0.717, 1.165) is 6.08 Å². The van der Waals surface area contributed by atoms with Gasteiger partial charge in [0.1, 0.15) is 23.9 Å². The zero-order valence-electron chi connectivity index (χ0n) is 14.1. The maximum atomic E-state index is 12.1. The molecule has 0 bridgehead atoms. The number of amides is 1. The van der Waals surface area contributed by atoms with Crippen LogP contribution in [-0.2, 0) is 11.4 Å². The topological polar surface area (TPSA) is 77.0 Å². The average molecular weight is 383 g/mol. The predicted octanol–water partition coefficient (Wildman–Crippen LogP) is 3.69. The second-order valence-electron chi connectivity index (χ2n) is 5.19. The van der Waals surface area contributed by atoms with Gasteiger partial charge in [0.2, 0.25) is 0 Å². The summed E-state index contributed by atoms with van der Waals surface area (Å²) >= 11 is 0. The highest BCUT2D eigenvalue weighted by atomic mass is 19.4. The first-order valence-corrected chi connectivity index (χ1v) is 7.58. The number of halogens is 3. The number of alkyl halides is 3. The summed E-state index contributed by atoms with van der Waals surface area (Å²) in [6, 6.07) is 10.2. The molecule has 0 saturated carbocycles. The number of rotatable bonds is 7. The van der Waals surface area contributed by atoms with Gasteiger partial charge in [0.05, 0.1) is 7.11 Å². The third-order valence-electron chi connectivity index (χ3n) is 3.29. The van der Waals surface area contributed by atoms with Crippen molar-refractivity contribution in [2.24, 2.45) is 0 Å². The summed E-state index contributed by atoms with van der Waals surface area (Å²) in [5.74, 6) is -0.0963. The van der Waals surface area contributed by atoms with Gasteiger partial charge in [-0.15, -0.1) is 13.2 Å². The van der Waals surface area contributed by atoms with E-state index < -0.39 is 12.3 Å². The number of benzene rings is 2. The number of carbonyl (C=O) groups excluding carboxylic acids is 1. The Morgan fingerprint density at radius 3 is 2.41 bits per heavy atom. The van der Waals surface area contributed by atoms with Gasteiger partial charge in [0.25, 0.3) is 5.91 Å². The molecule has 0 heterocycles. The van der Waals surface area contributed by atoms with E-state index in [1.807, 2.05) is 0 Å². The number of hydrogen-bond acceptors (Lipinski definition) is 5. The largest absolute Gasteiger partial charge is 0.573 e. The molecule has 0 spiro atoms. The van der Waals surface area contributed by atoms with Gasteiger partial charge in [-0.05, 0) is 35.9 Å². The Morgan fingerprint density at radius 2 is 1.81 bits per heavy atom. The number of carbonyl (C=O) groups is 1. The molecule has 6 nitrogen and oxygen atoms in total. The van der Waals surface area contributed by atoms with Crippen molar-refractivity contribution >= 4 is 12.0 Å². The lowest BCUT2D eigenvalue weighted by atomic mass is 10.1. The van der Waals surface area contributed by atoms with Crippen molar-refractivity contribution in [1.29, 1.82) is 0 Å². The maximum absolute atomic E-state index is 12.1. The van der Waals surface area contributed by atoms with E-state index in [9.17, 15) is 18.0 Å². The molecule has 2 aromatic carbocycles. The van der Waals surface area contributed by atoms with Crippen molar-refractivity contribution in [3.05, 3.63) is 59.7 Å². The molecule has 27 heavy (non-hydrogen) atoms. The van der Waals surface area contributed by atoms with Crippen LogP contribution in [0.15, 0.2) is 48.5 Å². The predicted molar refractivity (Wildman–Crippen MR) is 89.4 cm³/mol. The Morgan fingerprint density at radius 1 is 1.15 bits per heavy atom. The minimum Gasteiger partial charge on any atom is -0.496 e. The molecule has 0 saturated heterocycles. The minimum atomic E-state index is -4.73. The molecule has 9 heteroatoms. The molecule has 2 aromatic rings. The molecule has 144 valence electrons. The van der Waals surface area contributed by atoms with Gasteiger partial charge in [-0.3, -0.25) is 10.0 Å². The van der Waals surface area contributed by atoms with Crippen LogP contribution < -0.4 is 19.7 Å². The lowest BCUT2D eigenvalue weighted by Crippen LogP contribution is -2.17. The van der Waals surface area contributed by atoms with Crippen LogP contribution in [0.25, 0.3) is 6.08 Å². The number of hydroxylamine groups is 1. The minimum absolute atomic E-state index is 0.123. The summed E-state index contributed by atoms with van der Waals surface area (Å²) in [5, 5.41) is 8.47. The Bertz CT molecular complexity index is 804. The molecule has 0 aliphatic rings. The first-order chi connectivity index (χ1) is 12.8. The fraction of sp³-hybridized carbons (Fsp3) is 0.167. The van der Waals surface area contributed by atoms with Gasteiger partial charge in [-0.25, -0.2) is 5.48 Å². The molecule has 1 amide bonds. The highest BCUT2D eigenvalue weighted by Gasteiger charge is 2.30. The van der Waals surface area contributed by atoms with Crippen LogP contribution in [0.5, 0.6) is 17.2 Å². The third-order valence-corrected chi connectivity index (χ3v) is 3.29. The molecule has 0 aliphatic heterocycles. The number of hydrogen-bond donors (Lipinski definition) is 2. The van der Waals surface area contributed by atoms with Crippen molar-refractivity contribution in [1.82, 2.24) is 5.48 Å². The van der Waals surface area contributed by atoms with Crippen molar-refractivity contribution in [2.45, 2.75) is 13.0 Å². The number of ether oxygens (including phenoxy) is 3. The Kier molecular flexibility index (Phi) is 6.67. The summed E-state index contributed by atoms with van der Waals surface area (Å²) in [6.45, 7) is 0.123. The Hall–Kier alpha value is -3.20. The van der Waals surface area contributed by atoms with Gasteiger partial charge in [0.15, 0.2) is 0 Å². The van der Waals surface area contributed by atoms with Gasteiger partial charge in [-0.1, -0.05) is 12.1 Å². The average Bonchev–Trinajstić information content (AvgIpc) is 2.64. The first-order valence-electron chi connectivity index (χ1n) is 7.58. The molecular weight excluding hydrogens is 367 g/mol. The van der Waals surface area contributed by atoms with E-state index in [1.54, 1.807) is 18.2 Å². The molecule has 0 atom stereocenters. The zero-order chi connectivity index (χ0) is 19.9. The van der Waals surface area contributed by atoms with E-state index >= 15 is 0 Å². The summed E-state index contributed by atoms with van der Waals surface area (Å²) in [4.78, 5) is 11.0. The van der Waals surface area contributed by atoms with Crippen LogP contribution in [0.3, 0.4) is 0 Å². The highest BCUT2D eigenvalue weighted by Crippen LogP contribution is 2.27. The molecule has 2 N–H and O–H groups in total. The van der Waals surface area contributed by atoms with Crippen molar-refractivity contribution in [3.63, 3.8) is 0 Å². The lowest BCUT2D eigenvalue weighted by Gasteiger charge is -2.11. The molecular formula is C18H16F3NO5. The van der Waals surface area contributed by atoms with Crippen LogP contribution >= 0.6 is 0 Å². The smallest absolute Gasteiger partial charge is 0.496 e. The van der Waals surface area contributed by atoms with E-state index in [2.05, 4.69) is 4.74 Å². The van der Waals surface area contributed by atoms with Crippen LogP contribution in [0.1, 0.15) is 11.1 Å². The fourth-order valence-corrected chi connectivity index (χ4v) is 2.08. The first kappa shape index (κ1) is 20.1. The van der Waals surface area contributed by atoms with Crippen LogP contribution in [-0.4, -0.2) is 24.6 Å². The van der Waals surface area contributed by atoms with E-state index in [0.29, 0.717) is 22.6 Å². The molecule has 0 aromatic heterocycles. The Labute approximate surface area is 152 Å². The summed E-state index contributed by atoms with van der Waals surface area (Å²) in [5.41, 5.74) is 2.71. The van der Waals surface area contributed by atoms with Crippen molar-refractivity contribution in [2.75, 3.05) is 7.11 Å². The third kappa shape index (κ3) is 6.55. The second-order valence-corrected chi connectivity index (χ2v) is 5.19. The summed E-state index contributed by atoms with van der Waals surface area (Å²) < 4.78 is 51.0. The molecule has 0 fully saturated rings. The van der Waals surface area contributed by atoms with Gasteiger partial charge >= 0.3 is 6.36 Å². The number of nitrogens with one attached hydrogen (secondary N) is 1. The van der Waals surface area contributed by atoms with Crippen LogP contribution in [0.4, 0.5) is 13.2 Å². The molecule has 0 radical (unpaired) electrons. The standard InChI is InChI=1S/C18H16F3NO5/c1-25-16-10-15(8-4-13(16)5-9-17(23)22-24)26-11-12-2-6-14(7-3-12)27-18(19,20)21/h2-10,24H,11H2,1H3,(H,22,23)/b9-5+. The lowest BCUT2D eigenvalue weighted by molar-refractivity contribution is -0.274. The normalized spacial score (nSPS) is 11.3. The van der Waals surface area contributed by atoms with E-state index in [-0.39, 0.29) is 12.4 Å². The Balaban J connectivity index is 2.01. The van der Waals surface area contributed by atoms with E-state index in [1.165, 1.54) is 42.9 Å². The molecule has 0 unspecified atom stereocenters. The summed E-state index contributed by atoms with van der Waals surface area (Å²) in [7, 11) is 1.45. The van der Waals surface area contributed by atoms with Crippen LogP contribution in [0.2, 0.25) is 0 Å². The highest BCUT2D eigenvalue weighted by molar-refractivity contribution is 5.91. The van der Waals surface area contributed by atoms with E-state index in [4.69, 9.17) is 14.7 Å². The van der Waals surface area contributed by atoms with Gasteiger partial charge in [0, 0.05) is 17.7 Å². The second kappa shape index (κ2) is 8.95. The molecule has 2 rings (SSSR count). The number of methoxy groups -OCH3 is 1. The monoisotopic (exact) mass is 383 g/mol. The fourth-order valence-electron chi connectivity index (χ4n) is 2.08. The van der Waals surface area contributed by atoms with Crippen LogP contribution in [0, 0.1) is 0 Å². The van der Waals surface area contributed by atoms with Gasteiger partial charge < -0.3 is 14.2 Å². The maximum Gasteiger partial charge on any atom is 0.573 e. The molecule has 0 aliphatic carbocycles.